The van der Waals surface area contributed by atoms with Gasteiger partial charge in [-0.25, -0.2) is 14.2 Å². The SMILES string of the molecule is COc1cc(C(=O)O)cc2c1nc(CN1C[C@@H]3[C@H](C1)[C@H]3c1cccc3c1O[C@](C)(c1ccc(Cl)cc1F)O3)n2C[C@@H]1CCO1. The third kappa shape index (κ3) is 4.42. The Bertz CT molecular complexity index is 1810. The molecular formula is C33H31ClFN3O6. The van der Waals surface area contributed by atoms with E-state index in [4.69, 9.17) is 35.5 Å². The second-order valence-electron chi connectivity index (χ2n) is 12.3. The minimum Gasteiger partial charge on any atom is -0.494 e. The zero-order chi connectivity index (χ0) is 30.3. The number of aromatic nitrogens is 2. The zero-order valence-corrected chi connectivity index (χ0v) is 25.0. The van der Waals surface area contributed by atoms with Crippen LogP contribution in [-0.2, 0) is 23.6 Å². The summed E-state index contributed by atoms with van der Waals surface area (Å²) >= 11 is 5.98. The normalized spacial score (nSPS) is 26.9. The molecule has 0 amide bonds. The number of piperidine rings is 1. The Morgan fingerprint density at radius 2 is 1.98 bits per heavy atom. The van der Waals surface area contributed by atoms with E-state index in [1.54, 1.807) is 25.1 Å². The number of rotatable bonds is 8. The number of halogens is 2. The number of aromatic carboxylic acids is 1. The van der Waals surface area contributed by atoms with Crippen LogP contribution in [0.25, 0.3) is 11.0 Å². The number of para-hydroxylation sites is 1. The molecule has 44 heavy (non-hydrogen) atoms. The Balaban J connectivity index is 1.02. The third-order valence-electron chi connectivity index (χ3n) is 9.57. The number of imidazole rings is 1. The van der Waals surface area contributed by atoms with E-state index in [0.717, 1.165) is 43.0 Å². The molecule has 3 aliphatic heterocycles. The molecule has 5 atom stereocenters. The maximum absolute atomic E-state index is 14.8. The molecule has 4 aromatic rings. The summed E-state index contributed by atoms with van der Waals surface area (Å²) in [6.45, 7) is 5.49. The fourth-order valence-electron chi connectivity index (χ4n) is 7.26. The van der Waals surface area contributed by atoms with E-state index in [0.29, 0.717) is 64.2 Å². The number of carbonyl (C=O) groups is 1. The van der Waals surface area contributed by atoms with Gasteiger partial charge in [-0.1, -0.05) is 23.7 Å². The maximum atomic E-state index is 14.8. The third-order valence-corrected chi connectivity index (χ3v) is 9.80. The molecular weight excluding hydrogens is 589 g/mol. The Kier molecular flexibility index (Phi) is 6.34. The lowest BCUT2D eigenvalue weighted by molar-refractivity contribution is -0.0710. The summed E-state index contributed by atoms with van der Waals surface area (Å²) in [5, 5.41) is 10.0. The van der Waals surface area contributed by atoms with Crippen molar-refractivity contribution in [3.8, 4) is 17.2 Å². The molecule has 2 saturated heterocycles. The quantitative estimate of drug-likeness (QED) is 0.264. The van der Waals surface area contributed by atoms with Crippen molar-refractivity contribution >= 4 is 28.6 Å². The van der Waals surface area contributed by atoms with E-state index in [9.17, 15) is 14.3 Å². The fourth-order valence-corrected chi connectivity index (χ4v) is 7.42. The lowest BCUT2D eigenvalue weighted by Gasteiger charge is -2.28. The Hall–Kier alpha value is -3.86. The van der Waals surface area contributed by atoms with E-state index in [1.807, 2.05) is 12.1 Å². The van der Waals surface area contributed by atoms with Gasteiger partial charge in [0, 0.05) is 37.2 Å². The molecule has 0 bridgehead atoms. The number of ether oxygens (including phenoxy) is 4. The van der Waals surface area contributed by atoms with Gasteiger partial charge in [-0.05, 0) is 60.6 Å². The van der Waals surface area contributed by atoms with Gasteiger partial charge in [0.25, 0.3) is 5.79 Å². The van der Waals surface area contributed by atoms with Crippen LogP contribution in [-0.4, -0.2) is 58.4 Å². The van der Waals surface area contributed by atoms with Crippen molar-refractivity contribution < 1.29 is 33.2 Å². The Morgan fingerprint density at radius 3 is 2.66 bits per heavy atom. The molecule has 11 heteroatoms. The lowest BCUT2D eigenvalue weighted by Crippen LogP contribution is -2.33. The van der Waals surface area contributed by atoms with Gasteiger partial charge in [0.2, 0.25) is 0 Å². The van der Waals surface area contributed by atoms with Gasteiger partial charge >= 0.3 is 5.97 Å². The number of nitrogens with zero attached hydrogens (tertiary/aromatic N) is 3. The molecule has 1 aromatic heterocycles. The fraction of sp³-hybridized carbons (Fsp3) is 0.394. The van der Waals surface area contributed by atoms with Crippen LogP contribution in [0.15, 0.2) is 48.5 Å². The minimum atomic E-state index is -1.28. The summed E-state index contributed by atoms with van der Waals surface area (Å²) in [4.78, 5) is 19.2. The average molecular weight is 620 g/mol. The van der Waals surface area contributed by atoms with Crippen molar-refractivity contribution in [1.82, 2.24) is 14.5 Å². The summed E-state index contributed by atoms with van der Waals surface area (Å²) < 4.78 is 40.8. The molecule has 0 spiro atoms. The van der Waals surface area contributed by atoms with Crippen LogP contribution in [0.5, 0.6) is 17.2 Å². The van der Waals surface area contributed by atoms with Crippen LogP contribution in [0.1, 0.15) is 46.6 Å². The highest BCUT2D eigenvalue weighted by atomic mass is 35.5. The lowest BCUT2D eigenvalue weighted by atomic mass is 10.0. The summed E-state index contributed by atoms with van der Waals surface area (Å²) in [6, 6.07) is 13.6. The largest absolute Gasteiger partial charge is 0.494 e. The summed E-state index contributed by atoms with van der Waals surface area (Å²) in [7, 11) is 1.53. The van der Waals surface area contributed by atoms with Crippen LogP contribution >= 0.6 is 11.6 Å². The summed E-state index contributed by atoms with van der Waals surface area (Å²) in [5.41, 5.74) is 2.96. The van der Waals surface area contributed by atoms with Crippen LogP contribution in [0, 0.1) is 17.7 Å². The molecule has 3 fully saturated rings. The van der Waals surface area contributed by atoms with Crippen molar-refractivity contribution in [2.24, 2.45) is 11.8 Å². The molecule has 1 aliphatic carbocycles. The first-order chi connectivity index (χ1) is 21.2. The molecule has 9 nitrogen and oxygen atoms in total. The zero-order valence-electron chi connectivity index (χ0n) is 24.3. The number of methoxy groups -OCH3 is 1. The van der Waals surface area contributed by atoms with Crippen LogP contribution < -0.4 is 14.2 Å². The molecule has 4 heterocycles. The highest BCUT2D eigenvalue weighted by Gasteiger charge is 2.58. The molecule has 4 aliphatic rings. The monoisotopic (exact) mass is 619 g/mol. The molecule has 1 N–H and O–H groups in total. The van der Waals surface area contributed by atoms with Crippen LogP contribution in [0.4, 0.5) is 4.39 Å². The van der Waals surface area contributed by atoms with E-state index in [2.05, 4.69) is 15.5 Å². The maximum Gasteiger partial charge on any atom is 0.335 e. The second kappa shape index (κ2) is 10.1. The highest BCUT2D eigenvalue weighted by Crippen LogP contribution is 2.62. The topological polar surface area (TPSA) is 95.3 Å². The second-order valence-corrected chi connectivity index (χ2v) is 12.7. The van der Waals surface area contributed by atoms with Gasteiger partial charge < -0.3 is 28.6 Å². The molecule has 228 valence electrons. The van der Waals surface area contributed by atoms with Gasteiger partial charge in [-0.15, -0.1) is 0 Å². The first-order valence-electron chi connectivity index (χ1n) is 14.8. The van der Waals surface area contributed by atoms with Crippen molar-refractivity contribution in [2.45, 2.75) is 44.2 Å². The Morgan fingerprint density at radius 1 is 1.18 bits per heavy atom. The van der Waals surface area contributed by atoms with Gasteiger partial charge in [-0.3, -0.25) is 4.90 Å². The number of carboxylic acid groups (broad SMARTS) is 1. The molecule has 8 rings (SSSR count). The predicted octanol–water partition coefficient (Wildman–Crippen LogP) is 5.81. The minimum absolute atomic E-state index is 0.0800. The standard InChI is InChI=1S/C33H31ClFN3O6/c1-33(23-7-6-18(34)12-24(23)35)43-26-5-3-4-20(31(26)44-33)29-21-14-37(15-22(21)29)16-28-36-30-25(38(28)13-19-8-9-42-19)10-17(32(39)40)11-27(30)41-2/h3-7,10-12,19,21-22,29H,8-9,13-16H2,1-2H3,(H,39,40)/t19-,21-,22+,29+,33+/m0/s1. The number of benzene rings is 3. The molecule has 0 radical (unpaired) electrons. The summed E-state index contributed by atoms with van der Waals surface area (Å²) in [6.07, 6.45) is 1.04. The number of hydrogen-bond donors (Lipinski definition) is 1. The Labute approximate surface area is 258 Å². The van der Waals surface area contributed by atoms with Gasteiger partial charge in [0.05, 0.1) is 42.9 Å². The molecule has 3 aromatic carbocycles. The van der Waals surface area contributed by atoms with E-state index >= 15 is 0 Å². The van der Waals surface area contributed by atoms with Crippen LogP contribution in [0.3, 0.4) is 0 Å². The highest BCUT2D eigenvalue weighted by molar-refractivity contribution is 6.30. The van der Waals surface area contributed by atoms with E-state index in [1.165, 1.54) is 19.2 Å². The number of likely N-dealkylation sites (tertiary alicyclic amines) is 1. The first-order valence-corrected chi connectivity index (χ1v) is 15.2. The van der Waals surface area contributed by atoms with Crippen molar-refractivity contribution in [2.75, 3.05) is 26.8 Å². The number of hydrogen-bond acceptors (Lipinski definition) is 7. The van der Waals surface area contributed by atoms with Gasteiger partial charge in [-0.2, -0.15) is 0 Å². The van der Waals surface area contributed by atoms with Gasteiger partial charge in [0.1, 0.15) is 22.9 Å². The number of fused-ring (bicyclic) bond motifs is 3. The van der Waals surface area contributed by atoms with E-state index in [-0.39, 0.29) is 11.7 Å². The van der Waals surface area contributed by atoms with Crippen molar-refractivity contribution in [3.63, 3.8) is 0 Å². The summed E-state index contributed by atoms with van der Waals surface area (Å²) in [5.74, 6) is 1.07. The van der Waals surface area contributed by atoms with Crippen LogP contribution in [0.2, 0.25) is 5.02 Å². The first kappa shape index (κ1) is 27.7. The smallest absolute Gasteiger partial charge is 0.335 e. The van der Waals surface area contributed by atoms with Crippen molar-refractivity contribution in [3.05, 3.63) is 81.9 Å². The number of carboxylic acids is 1. The predicted molar refractivity (Wildman–Crippen MR) is 159 cm³/mol. The average Bonchev–Trinajstić information content (AvgIpc) is 3.25. The van der Waals surface area contributed by atoms with Crippen molar-refractivity contribution in [1.29, 1.82) is 0 Å². The molecule has 0 unspecified atom stereocenters. The van der Waals surface area contributed by atoms with Gasteiger partial charge in [0.15, 0.2) is 11.5 Å². The van der Waals surface area contributed by atoms with E-state index < -0.39 is 17.6 Å². The molecule has 1 saturated carbocycles.